The van der Waals surface area contributed by atoms with Gasteiger partial charge in [0.2, 0.25) is 0 Å². The van der Waals surface area contributed by atoms with Gasteiger partial charge in [0, 0.05) is 14.2 Å². The van der Waals surface area contributed by atoms with Gasteiger partial charge in [-0.05, 0) is 66.8 Å². The highest BCUT2D eigenvalue weighted by atomic mass is 127. The molecule has 0 atom stereocenters. The smallest absolute Gasteiger partial charge is 0.197 e. The van der Waals surface area contributed by atoms with E-state index in [0.29, 0.717) is 28.5 Å². The van der Waals surface area contributed by atoms with Crippen molar-refractivity contribution >= 4 is 40.0 Å². The Labute approximate surface area is 137 Å². The van der Waals surface area contributed by atoms with E-state index in [9.17, 15) is 4.79 Å². The second-order valence-electron chi connectivity index (χ2n) is 4.39. The third-order valence-corrected chi connectivity index (χ3v) is 4.03. The molecule has 0 aromatic heterocycles. The molecule has 4 heteroatoms. The van der Waals surface area contributed by atoms with Gasteiger partial charge in [-0.2, -0.15) is 0 Å². The molecule has 2 aromatic rings. The third-order valence-electron chi connectivity index (χ3n) is 2.85. The number of benzene rings is 2. The molecule has 0 aliphatic heterocycles. The van der Waals surface area contributed by atoms with Crippen molar-refractivity contribution in [2.24, 2.45) is 0 Å². The minimum atomic E-state index is -0.0657. The molecule has 0 N–H and O–H groups in total. The Bertz CT molecular complexity index is 653. The molecule has 0 unspecified atom stereocenters. The molecule has 2 aromatic carbocycles. The van der Waals surface area contributed by atoms with E-state index in [-0.39, 0.29) is 5.78 Å². The summed E-state index contributed by atoms with van der Waals surface area (Å²) in [5, 5.41) is 0.555. The third kappa shape index (κ3) is 3.33. The van der Waals surface area contributed by atoms with Crippen molar-refractivity contribution in [1.82, 2.24) is 0 Å². The molecule has 2 nitrogen and oxygen atoms in total. The predicted molar refractivity (Wildman–Crippen MR) is 89.9 cm³/mol. The average molecular weight is 401 g/mol. The summed E-state index contributed by atoms with van der Waals surface area (Å²) >= 11 is 8.13. The summed E-state index contributed by atoms with van der Waals surface area (Å²) in [6.07, 6.45) is 0. The van der Waals surface area contributed by atoms with Crippen molar-refractivity contribution in [3.63, 3.8) is 0 Å². The minimum absolute atomic E-state index is 0.0657. The van der Waals surface area contributed by atoms with Crippen LogP contribution in [0.5, 0.6) is 5.75 Å². The van der Waals surface area contributed by atoms with Crippen molar-refractivity contribution in [3.05, 3.63) is 61.7 Å². The quantitative estimate of drug-likeness (QED) is 0.540. The van der Waals surface area contributed by atoms with Crippen LogP contribution in [0.1, 0.15) is 28.4 Å². The molecule has 0 aliphatic rings. The molecule has 0 aliphatic carbocycles. The van der Waals surface area contributed by atoms with E-state index in [1.165, 1.54) is 0 Å². The number of carbonyl (C=O) groups is 1. The van der Waals surface area contributed by atoms with Gasteiger partial charge >= 0.3 is 0 Å². The van der Waals surface area contributed by atoms with Crippen molar-refractivity contribution in [1.29, 1.82) is 0 Å². The van der Waals surface area contributed by atoms with Gasteiger partial charge in [0.25, 0.3) is 0 Å². The molecule has 0 fully saturated rings. The van der Waals surface area contributed by atoms with Gasteiger partial charge in [-0.25, -0.2) is 0 Å². The molecule has 0 radical (unpaired) electrons. The lowest BCUT2D eigenvalue weighted by Crippen LogP contribution is -2.07. The highest BCUT2D eigenvalue weighted by Crippen LogP contribution is 2.26. The van der Waals surface area contributed by atoms with Gasteiger partial charge in [0.1, 0.15) is 5.75 Å². The van der Waals surface area contributed by atoms with Crippen LogP contribution in [-0.4, -0.2) is 12.4 Å². The summed E-state index contributed by atoms with van der Waals surface area (Å²) in [7, 11) is 0. The van der Waals surface area contributed by atoms with E-state index in [1.807, 2.05) is 38.1 Å². The summed E-state index contributed by atoms with van der Waals surface area (Å²) in [4.78, 5) is 12.7. The fraction of sp³-hybridized carbons (Fsp3) is 0.188. The van der Waals surface area contributed by atoms with E-state index in [4.69, 9.17) is 16.3 Å². The maximum atomic E-state index is 12.7. The molecule has 2 rings (SSSR count). The van der Waals surface area contributed by atoms with E-state index >= 15 is 0 Å². The zero-order chi connectivity index (χ0) is 14.7. The number of hydrogen-bond donors (Lipinski definition) is 0. The zero-order valence-electron chi connectivity index (χ0n) is 11.2. The van der Waals surface area contributed by atoms with Crippen molar-refractivity contribution in [2.45, 2.75) is 13.8 Å². The number of carbonyl (C=O) groups excluding carboxylic acids is 1. The lowest BCUT2D eigenvalue weighted by Gasteiger charge is -2.11. The first kappa shape index (κ1) is 15.3. The van der Waals surface area contributed by atoms with Gasteiger partial charge < -0.3 is 4.74 Å². The van der Waals surface area contributed by atoms with Crippen molar-refractivity contribution < 1.29 is 9.53 Å². The Kier molecular flexibility index (Phi) is 5.05. The van der Waals surface area contributed by atoms with E-state index in [0.717, 1.165) is 9.13 Å². The number of halogens is 2. The Morgan fingerprint density at radius 2 is 1.95 bits per heavy atom. The van der Waals surface area contributed by atoms with E-state index < -0.39 is 0 Å². The molecular weight excluding hydrogens is 387 g/mol. The average Bonchev–Trinajstić information content (AvgIpc) is 2.43. The van der Waals surface area contributed by atoms with Gasteiger partial charge in [-0.3, -0.25) is 4.79 Å². The largest absolute Gasteiger partial charge is 0.493 e. The van der Waals surface area contributed by atoms with Crippen LogP contribution in [0.2, 0.25) is 5.02 Å². The molecule has 0 heterocycles. The van der Waals surface area contributed by atoms with Gasteiger partial charge in [0.05, 0.1) is 12.2 Å². The first-order valence-electron chi connectivity index (χ1n) is 6.26. The van der Waals surface area contributed by atoms with Crippen LogP contribution < -0.4 is 4.74 Å². The Morgan fingerprint density at radius 1 is 1.20 bits per heavy atom. The molecule has 0 spiro atoms. The normalized spacial score (nSPS) is 10.4. The van der Waals surface area contributed by atoms with Crippen LogP contribution in [0.25, 0.3) is 0 Å². The maximum absolute atomic E-state index is 12.7. The SMILES string of the molecule is CCOc1ccc(C)cc1C(=O)c1cc(Cl)ccc1I. The van der Waals surface area contributed by atoms with Gasteiger partial charge in [-0.15, -0.1) is 0 Å². The number of rotatable bonds is 4. The van der Waals surface area contributed by atoms with E-state index in [2.05, 4.69) is 22.6 Å². The zero-order valence-corrected chi connectivity index (χ0v) is 14.2. The topological polar surface area (TPSA) is 26.3 Å². The molecule has 104 valence electrons. The molecule has 0 saturated heterocycles. The van der Waals surface area contributed by atoms with Gasteiger partial charge in [0.15, 0.2) is 5.78 Å². The molecule has 0 amide bonds. The fourth-order valence-corrected chi connectivity index (χ4v) is 2.67. The molecule has 0 bridgehead atoms. The van der Waals surface area contributed by atoms with Crippen molar-refractivity contribution in [2.75, 3.05) is 6.61 Å². The lowest BCUT2D eigenvalue weighted by atomic mass is 10.0. The second-order valence-corrected chi connectivity index (χ2v) is 5.98. The Balaban J connectivity index is 2.52. The highest BCUT2D eigenvalue weighted by molar-refractivity contribution is 14.1. The monoisotopic (exact) mass is 400 g/mol. The van der Waals surface area contributed by atoms with Crippen LogP contribution in [0.15, 0.2) is 36.4 Å². The number of hydrogen-bond acceptors (Lipinski definition) is 2. The molecule has 20 heavy (non-hydrogen) atoms. The van der Waals surface area contributed by atoms with Crippen molar-refractivity contribution in [3.8, 4) is 5.75 Å². The summed E-state index contributed by atoms with van der Waals surface area (Å²) in [6, 6.07) is 10.9. The van der Waals surface area contributed by atoms with E-state index in [1.54, 1.807) is 12.1 Å². The second kappa shape index (κ2) is 6.59. The van der Waals surface area contributed by atoms with Crippen LogP contribution in [-0.2, 0) is 0 Å². The standard InChI is InChI=1S/C16H14ClIO2/c1-3-20-15-7-4-10(2)8-13(15)16(19)12-9-11(17)5-6-14(12)18/h4-9H,3H2,1-2H3. The maximum Gasteiger partial charge on any atom is 0.197 e. The Hall–Kier alpha value is -1.07. The summed E-state index contributed by atoms with van der Waals surface area (Å²) in [5.41, 5.74) is 2.20. The number of aryl methyl sites for hydroxylation is 1. The first-order chi connectivity index (χ1) is 9.52. The summed E-state index contributed by atoms with van der Waals surface area (Å²) < 4.78 is 6.42. The van der Waals surface area contributed by atoms with Crippen LogP contribution in [0, 0.1) is 10.5 Å². The summed E-state index contributed by atoms with van der Waals surface area (Å²) in [6.45, 7) is 4.38. The number of ketones is 1. The number of ether oxygens (including phenoxy) is 1. The highest BCUT2D eigenvalue weighted by Gasteiger charge is 2.17. The minimum Gasteiger partial charge on any atom is -0.493 e. The van der Waals surface area contributed by atoms with Crippen LogP contribution >= 0.6 is 34.2 Å². The van der Waals surface area contributed by atoms with Gasteiger partial charge in [-0.1, -0.05) is 23.2 Å². The molecule has 0 saturated carbocycles. The van der Waals surface area contributed by atoms with Crippen LogP contribution in [0.3, 0.4) is 0 Å². The fourth-order valence-electron chi connectivity index (χ4n) is 1.92. The van der Waals surface area contributed by atoms with Crippen LogP contribution in [0.4, 0.5) is 0 Å². The Morgan fingerprint density at radius 3 is 2.65 bits per heavy atom. The lowest BCUT2D eigenvalue weighted by molar-refractivity contribution is 0.103. The first-order valence-corrected chi connectivity index (χ1v) is 7.71. The summed E-state index contributed by atoms with van der Waals surface area (Å²) in [5.74, 6) is 0.544. The molecular formula is C16H14ClIO2. The predicted octanol–water partition coefficient (Wildman–Crippen LogP) is 4.88.